The smallest absolute Gasteiger partial charge is 0.300 e. The maximum absolute atomic E-state index is 13.2. The van der Waals surface area contributed by atoms with Gasteiger partial charge in [0.1, 0.15) is 10.0 Å². The summed E-state index contributed by atoms with van der Waals surface area (Å²) in [7, 11) is 0. The topological polar surface area (TPSA) is 93.2 Å². The monoisotopic (exact) mass is 571 g/mol. The van der Waals surface area contributed by atoms with Crippen molar-refractivity contribution in [2.45, 2.75) is 33.2 Å². The summed E-state index contributed by atoms with van der Waals surface area (Å²) in [6.07, 6.45) is 1.75. The Bertz CT molecular complexity index is 1360. The maximum atomic E-state index is 13.2. The predicted octanol–water partition coefficient (Wildman–Crippen LogP) is 4.11. The van der Waals surface area contributed by atoms with E-state index >= 15 is 0 Å². The summed E-state index contributed by atoms with van der Waals surface area (Å²) in [5, 5.41) is 4.62. The van der Waals surface area contributed by atoms with Gasteiger partial charge in [0.05, 0.1) is 5.54 Å². The molecule has 1 saturated heterocycles. The van der Waals surface area contributed by atoms with Crippen LogP contribution < -0.4 is 4.90 Å². The van der Waals surface area contributed by atoms with Crippen LogP contribution in [0.25, 0.3) is 22.6 Å². The van der Waals surface area contributed by atoms with Gasteiger partial charge in [-0.1, -0.05) is 6.07 Å². The summed E-state index contributed by atoms with van der Waals surface area (Å²) in [6, 6.07) is 10.1. The maximum Gasteiger partial charge on any atom is 0.300 e. The lowest BCUT2D eigenvalue weighted by molar-refractivity contribution is 0.0745. The van der Waals surface area contributed by atoms with E-state index in [1.807, 2.05) is 46.8 Å². The van der Waals surface area contributed by atoms with Crippen LogP contribution in [0.2, 0.25) is 0 Å². The number of oxazole rings is 1. The zero-order valence-corrected chi connectivity index (χ0v) is 21.8. The van der Waals surface area contributed by atoms with Gasteiger partial charge in [0.2, 0.25) is 5.65 Å². The van der Waals surface area contributed by atoms with Gasteiger partial charge in [-0.25, -0.2) is 14.6 Å². The van der Waals surface area contributed by atoms with Crippen LogP contribution in [0.1, 0.15) is 36.7 Å². The van der Waals surface area contributed by atoms with Crippen LogP contribution in [0.4, 0.5) is 6.01 Å². The Labute approximate surface area is 211 Å². The predicted molar refractivity (Wildman–Crippen MR) is 138 cm³/mol. The number of carbonyl (C=O) groups is 1. The average molecular weight is 571 g/mol. The highest BCUT2D eigenvalue weighted by Crippen LogP contribution is 2.25. The van der Waals surface area contributed by atoms with Crippen molar-refractivity contribution in [3.05, 3.63) is 51.5 Å². The third-order valence-corrected chi connectivity index (χ3v) is 6.54. The van der Waals surface area contributed by atoms with Crippen LogP contribution in [0.5, 0.6) is 0 Å². The molecule has 1 aliphatic rings. The van der Waals surface area contributed by atoms with E-state index in [1.165, 1.54) is 0 Å². The van der Waals surface area contributed by atoms with Crippen LogP contribution in [0.15, 0.2) is 41.1 Å². The number of piperazine rings is 1. The average Bonchev–Trinajstić information content (AvgIpc) is 3.46. The highest BCUT2D eigenvalue weighted by Gasteiger charge is 2.26. The third kappa shape index (κ3) is 4.38. The number of carbonyl (C=O) groups excluding carboxylic acids is 1. The summed E-state index contributed by atoms with van der Waals surface area (Å²) in [6.45, 7) is 10.7. The van der Waals surface area contributed by atoms with Crippen molar-refractivity contribution < 1.29 is 9.21 Å². The van der Waals surface area contributed by atoms with Crippen LogP contribution in [0, 0.1) is 10.6 Å². The van der Waals surface area contributed by atoms with Gasteiger partial charge in [-0.2, -0.15) is 10.1 Å². The van der Waals surface area contributed by atoms with E-state index in [9.17, 15) is 4.79 Å². The van der Waals surface area contributed by atoms with Crippen LogP contribution in [-0.4, -0.2) is 61.7 Å². The van der Waals surface area contributed by atoms with Crippen LogP contribution >= 0.6 is 22.6 Å². The molecule has 4 heterocycles. The molecule has 0 radical (unpaired) electrons. The molecule has 1 fully saturated rings. The first-order chi connectivity index (χ1) is 16.2. The lowest BCUT2D eigenvalue weighted by Gasteiger charge is -2.33. The summed E-state index contributed by atoms with van der Waals surface area (Å²) in [4.78, 5) is 30.5. The molecule has 1 amide bonds. The molecule has 0 saturated carbocycles. The molecule has 0 aliphatic carbocycles. The summed E-state index contributed by atoms with van der Waals surface area (Å²) >= 11 is 2.16. The van der Waals surface area contributed by atoms with Gasteiger partial charge in [-0.05, 0) is 80.1 Å². The Morgan fingerprint density at radius 1 is 1.06 bits per heavy atom. The molecule has 176 valence electrons. The van der Waals surface area contributed by atoms with Crippen molar-refractivity contribution >= 4 is 45.7 Å². The highest BCUT2D eigenvalue weighted by atomic mass is 127. The van der Waals surface area contributed by atoms with Gasteiger partial charge in [-0.3, -0.25) is 4.79 Å². The number of anilines is 1. The Hall–Kier alpha value is -3.02. The lowest BCUT2D eigenvalue weighted by atomic mass is 10.0. The fraction of sp³-hybridized carbons (Fsp3) is 0.375. The van der Waals surface area contributed by atoms with E-state index in [0.717, 1.165) is 14.8 Å². The molecule has 0 spiro atoms. The molecule has 0 N–H and O–H groups in total. The number of halogens is 1. The van der Waals surface area contributed by atoms with Crippen molar-refractivity contribution in [1.82, 2.24) is 29.6 Å². The van der Waals surface area contributed by atoms with Crippen LogP contribution in [-0.2, 0) is 5.54 Å². The fourth-order valence-corrected chi connectivity index (χ4v) is 4.37. The zero-order chi connectivity index (χ0) is 24.0. The number of rotatable bonds is 3. The fourth-order valence-electron chi connectivity index (χ4n) is 3.96. The SMILES string of the molecule is Cc1cc(C(=O)N2CCN(c3nc4nc(I)ccc4o3)CC2)ccc1-c1ncn(C(C)(C)C)n1. The largest absolute Gasteiger partial charge is 0.422 e. The molecule has 1 aromatic carbocycles. The van der Waals surface area contributed by atoms with E-state index in [2.05, 4.69) is 68.3 Å². The molecule has 0 bridgehead atoms. The molecular weight excluding hydrogens is 545 g/mol. The quantitative estimate of drug-likeness (QED) is 0.270. The lowest BCUT2D eigenvalue weighted by Crippen LogP contribution is -2.48. The Kier molecular flexibility index (Phi) is 5.78. The van der Waals surface area contributed by atoms with Gasteiger partial charge < -0.3 is 14.2 Å². The van der Waals surface area contributed by atoms with E-state index in [0.29, 0.717) is 54.8 Å². The standard InChI is InChI=1S/C24H26IN7O2/c1-15-13-16(5-6-17(15)20-26-14-32(29-20)24(2,3)4)22(33)30-9-11-31(12-10-30)23-28-21-18(34-23)7-8-19(25)27-21/h5-8,13-14H,9-12H2,1-4H3. The number of pyridine rings is 1. The van der Waals surface area contributed by atoms with Gasteiger partial charge in [0, 0.05) is 37.3 Å². The van der Waals surface area contributed by atoms with Crippen molar-refractivity contribution in [3.8, 4) is 11.4 Å². The number of hydrogen-bond acceptors (Lipinski definition) is 7. The van der Waals surface area contributed by atoms with Crippen molar-refractivity contribution in [1.29, 1.82) is 0 Å². The molecule has 34 heavy (non-hydrogen) atoms. The van der Waals surface area contributed by atoms with E-state index in [-0.39, 0.29) is 11.4 Å². The van der Waals surface area contributed by atoms with Gasteiger partial charge in [0.25, 0.3) is 11.9 Å². The molecule has 9 nitrogen and oxygen atoms in total. The number of aromatic nitrogens is 5. The first kappa shape index (κ1) is 22.8. The second-order valence-electron chi connectivity index (χ2n) is 9.44. The number of aryl methyl sites for hydroxylation is 1. The summed E-state index contributed by atoms with van der Waals surface area (Å²) in [5.41, 5.74) is 3.73. The number of fused-ring (bicyclic) bond motifs is 1. The molecular formula is C24H26IN7O2. The van der Waals surface area contributed by atoms with Crippen LogP contribution in [0.3, 0.4) is 0 Å². The summed E-state index contributed by atoms with van der Waals surface area (Å²) in [5.74, 6) is 0.693. The molecule has 0 atom stereocenters. The van der Waals surface area contributed by atoms with Gasteiger partial charge in [0.15, 0.2) is 11.4 Å². The first-order valence-electron chi connectivity index (χ1n) is 11.2. The summed E-state index contributed by atoms with van der Waals surface area (Å²) < 4.78 is 8.60. The third-order valence-electron chi connectivity index (χ3n) is 5.94. The zero-order valence-electron chi connectivity index (χ0n) is 19.6. The van der Waals surface area contributed by atoms with Gasteiger partial charge >= 0.3 is 0 Å². The van der Waals surface area contributed by atoms with Crippen molar-refractivity contribution in [2.24, 2.45) is 0 Å². The molecule has 10 heteroatoms. The molecule has 5 rings (SSSR count). The van der Waals surface area contributed by atoms with E-state index < -0.39 is 0 Å². The molecule has 3 aromatic heterocycles. The second-order valence-corrected chi connectivity index (χ2v) is 10.5. The normalized spacial score (nSPS) is 14.7. The number of hydrogen-bond donors (Lipinski definition) is 0. The Morgan fingerprint density at radius 2 is 1.82 bits per heavy atom. The minimum absolute atomic E-state index is 0.0243. The number of nitrogens with zero attached hydrogens (tertiary/aromatic N) is 7. The number of amides is 1. The number of benzene rings is 1. The van der Waals surface area contributed by atoms with E-state index in [1.54, 1.807) is 6.33 Å². The Morgan fingerprint density at radius 3 is 2.50 bits per heavy atom. The van der Waals surface area contributed by atoms with Crippen molar-refractivity contribution in [2.75, 3.05) is 31.1 Å². The molecule has 4 aromatic rings. The first-order valence-corrected chi connectivity index (χ1v) is 12.3. The van der Waals surface area contributed by atoms with Crippen molar-refractivity contribution in [3.63, 3.8) is 0 Å². The molecule has 1 aliphatic heterocycles. The minimum atomic E-state index is -0.135. The molecule has 0 unspecified atom stereocenters. The minimum Gasteiger partial charge on any atom is -0.422 e. The highest BCUT2D eigenvalue weighted by molar-refractivity contribution is 14.1. The van der Waals surface area contributed by atoms with Gasteiger partial charge in [-0.15, -0.1) is 0 Å². The van der Waals surface area contributed by atoms with E-state index in [4.69, 9.17) is 4.42 Å². The second kappa shape index (κ2) is 8.64. The Balaban J connectivity index is 1.27.